The Balaban J connectivity index is 1.42. The van der Waals surface area contributed by atoms with Gasteiger partial charge in [-0.25, -0.2) is 9.59 Å². The van der Waals surface area contributed by atoms with Crippen LogP contribution in [0.2, 0.25) is 0 Å². The fourth-order valence-corrected chi connectivity index (χ4v) is 4.32. The number of carbonyl (C=O) groups is 3. The van der Waals surface area contributed by atoms with Crippen molar-refractivity contribution in [1.82, 2.24) is 5.32 Å². The number of fused-ring (bicyclic) bond motifs is 3. The molecule has 0 unspecified atom stereocenters. The van der Waals surface area contributed by atoms with Gasteiger partial charge < -0.3 is 20.5 Å². The maximum atomic E-state index is 12.8. The topological polar surface area (TPSA) is 105 Å². The van der Waals surface area contributed by atoms with Gasteiger partial charge in [0.25, 0.3) is 0 Å². The fraction of sp³-hybridized carbons (Fsp3) is 0.192. The number of carboxylic acids is 1. The summed E-state index contributed by atoms with van der Waals surface area (Å²) in [6, 6.07) is 20.3. The zero-order valence-corrected chi connectivity index (χ0v) is 20.2. The molecule has 3 N–H and O–H groups in total. The number of ether oxygens (including phenoxy) is 1. The molecule has 1 aliphatic rings. The second-order valence-corrected chi connectivity index (χ2v) is 9.38. The number of amides is 2. The summed E-state index contributed by atoms with van der Waals surface area (Å²) < 4.78 is 6.05. The van der Waals surface area contributed by atoms with Gasteiger partial charge in [0.2, 0.25) is 5.91 Å². The molecule has 0 saturated carbocycles. The highest BCUT2D eigenvalue weighted by Crippen LogP contribution is 2.44. The number of benzene rings is 3. The van der Waals surface area contributed by atoms with Crippen LogP contribution in [0.5, 0.6) is 0 Å². The Morgan fingerprint density at radius 2 is 1.56 bits per heavy atom. The van der Waals surface area contributed by atoms with Gasteiger partial charge >= 0.3 is 12.1 Å². The van der Waals surface area contributed by atoms with Crippen molar-refractivity contribution in [3.8, 4) is 11.1 Å². The lowest BCUT2D eigenvalue weighted by atomic mass is 9.98. The van der Waals surface area contributed by atoms with E-state index in [0.29, 0.717) is 4.47 Å². The summed E-state index contributed by atoms with van der Waals surface area (Å²) in [4.78, 5) is 36.7. The highest BCUT2D eigenvalue weighted by Gasteiger charge is 2.33. The molecule has 7 nitrogen and oxygen atoms in total. The van der Waals surface area contributed by atoms with Crippen molar-refractivity contribution < 1.29 is 24.2 Å². The maximum Gasteiger partial charge on any atom is 0.408 e. The third kappa shape index (κ3) is 4.68. The van der Waals surface area contributed by atoms with Crippen LogP contribution in [0.15, 0.2) is 71.2 Å². The second kappa shape index (κ2) is 9.30. The Bertz CT molecular complexity index is 1240. The minimum atomic E-state index is -1.32. The minimum absolute atomic E-state index is 0.0285. The van der Waals surface area contributed by atoms with Gasteiger partial charge in [-0.15, -0.1) is 0 Å². The molecular weight excluding hydrogens is 500 g/mol. The first-order valence-electron chi connectivity index (χ1n) is 10.6. The van der Waals surface area contributed by atoms with E-state index in [1.165, 1.54) is 18.2 Å². The van der Waals surface area contributed by atoms with Crippen LogP contribution in [-0.2, 0) is 9.53 Å². The molecule has 8 heteroatoms. The van der Waals surface area contributed by atoms with E-state index in [4.69, 9.17) is 4.74 Å². The highest BCUT2D eigenvalue weighted by molar-refractivity contribution is 9.10. The minimum Gasteiger partial charge on any atom is -0.478 e. The molecular formula is C26H23BrN2O5. The predicted octanol–water partition coefficient (Wildman–Crippen LogP) is 5.40. The van der Waals surface area contributed by atoms with Gasteiger partial charge in [0.1, 0.15) is 12.1 Å². The maximum absolute atomic E-state index is 12.8. The SMILES string of the molecule is CC(C)(NC(=O)OCC1c2ccccc2-c2ccccc21)C(=O)Nc1cc(C(=O)O)ccc1Br. The van der Waals surface area contributed by atoms with Crippen molar-refractivity contribution in [3.05, 3.63) is 87.9 Å². The first-order chi connectivity index (χ1) is 16.2. The standard InChI is InChI=1S/C26H23BrN2O5/c1-26(2,24(32)28-22-13-15(23(30)31)11-12-21(22)27)29-25(33)34-14-20-18-9-5-3-7-16(18)17-8-4-6-10-19(17)20/h3-13,20H,14H2,1-2H3,(H,28,32)(H,29,33)(H,30,31). The Hall–Kier alpha value is -3.65. The molecule has 0 fully saturated rings. The van der Waals surface area contributed by atoms with Crippen molar-refractivity contribution in [3.63, 3.8) is 0 Å². The van der Waals surface area contributed by atoms with Crippen LogP contribution in [0.25, 0.3) is 11.1 Å². The first kappa shape index (κ1) is 23.5. The van der Waals surface area contributed by atoms with E-state index in [-0.39, 0.29) is 23.8 Å². The summed E-state index contributed by atoms with van der Waals surface area (Å²) in [5.41, 5.74) is 3.43. The lowest BCUT2D eigenvalue weighted by Crippen LogP contribution is -2.52. The van der Waals surface area contributed by atoms with Gasteiger partial charge in [-0.2, -0.15) is 0 Å². The zero-order valence-electron chi connectivity index (χ0n) is 18.6. The van der Waals surface area contributed by atoms with E-state index >= 15 is 0 Å². The molecule has 2 amide bonds. The number of anilines is 1. The van der Waals surface area contributed by atoms with E-state index in [9.17, 15) is 19.5 Å². The predicted molar refractivity (Wildman–Crippen MR) is 132 cm³/mol. The van der Waals surface area contributed by atoms with Crippen molar-refractivity contribution >= 4 is 39.6 Å². The molecule has 174 valence electrons. The number of hydrogen-bond donors (Lipinski definition) is 3. The molecule has 0 aromatic heterocycles. The molecule has 3 aromatic rings. The summed E-state index contributed by atoms with van der Waals surface area (Å²) >= 11 is 3.30. The monoisotopic (exact) mass is 522 g/mol. The molecule has 4 rings (SSSR count). The van der Waals surface area contributed by atoms with Gasteiger partial charge in [0.05, 0.1) is 11.3 Å². The Labute approximate surface area is 205 Å². The summed E-state index contributed by atoms with van der Waals surface area (Å²) in [6.45, 7) is 3.21. The number of nitrogens with one attached hydrogen (secondary N) is 2. The molecule has 34 heavy (non-hydrogen) atoms. The molecule has 3 aromatic carbocycles. The van der Waals surface area contributed by atoms with E-state index in [1.54, 1.807) is 13.8 Å². The number of carbonyl (C=O) groups excluding carboxylic acids is 2. The van der Waals surface area contributed by atoms with Gasteiger partial charge in [0.15, 0.2) is 0 Å². The Kier molecular flexibility index (Phi) is 6.43. The lowest BCUT2D eigenvalue weighted by molar-refractivity contribution is -0.121. The van der Waals surface area contributed by atoms with Gasteiger partial charge in [-0.05, 0) is 70.2 Å². The van der Waals surface area contributed by atoms with Gasteiger partial charge in [-0.1, -0.05) is 48.5 Å². The summed E-state index contributed by atoms with van der Waals surface area (Å²) in [7, 11) is 0. The molecule has 0 heterocycles. The number of rotatable bonds is 6. The first-order valence-corrected chi connectivity index (χ1v) is 11.4. The number of hydrogen-bond acceptors (Lipinski definition) is 4. The van der Waals surface area contributed by atoms with Crippen LogP contribution >= 0.6 is 15.9 Å². The molecule has 0 aliphatic heterocycles. The van der Waals surface area contributed by atoms with E-state index in [0.717, 1.165) is 22.3 Å². The molecule has 0 atom stereocenters. The van der Waals surface area contributed by atoms with Crippen LogP contribution in [0.4, 0.5) is 10.5 Å². The third-order valence-corrected chi connectivity index (χ3v) is 6.48. The lowest BCUT2D eigenvalue weighted by Gasteiger charge is -2.25. The van der Waals surface area contributed by atoms with Crippen molar-refractivity contribution in [2.75, 3.05) is 11.9 Å². The largest absolute Gasteiger partial charge is 0.478 e. The summed E-state index contributed by atoms with van der Waals surface area (Å²) in [5, 5.41) is 14.4. The van der Waals surface area contributed by atoms with Crippen LogP contribution in [0, 0.1) is 0 Å². The molecule has 1 aliphatic carbocycles. The quantitative estimate of drug-likeness (QED) is 0.401. The van der Waals surface area contributed by atoms with Gasteiger partial charge in [0, 0.05) is 10.4 Å². The van der Waals surface area contributed by atoms with Crippen LogP contribution in [-0.4, -0.2) is 35.2 Å². The van der Waals surface area contributed by atoms with Gasteiger partial charge in [-0.3, -0.25) is 4.79 Å². The molecule has 0 saturated heterocycles. The van der Waals surface area contributed by atoms with E-state index in [2.05, 4.69) is 38.7 Å². The van der Waals surface area contributed by atoms with Crippen molar-refractivity contribution in [2.45, 2.75) is 25.3 Å². The average Bonchev–Trinajstić information content (AvgIpc) is 3.12. The molecule has 0 bridgehead atoms. The van der Waals surface area contributed by atoms with Crippen LogP contribution in [0.3, 0.4) is 0 Å². The number of carboxylic acid groups (broad SMARTS) is 1. The smallest absolute Gasteiger partial charge is 0.408 e. The summed E-state index contributed by atoms with van der Waals surface area (Å²) in [5.74, 6) is -1.73. The molecule has 0 radical (unpaired) electrons. The number of alkyl carbamates (subject to hydrolysis) is 1. The van der Waals surface area contributed by atoms with Crippen LogP contribution < -0.4 is 10.6 Å². The van der Waals surface area contributed by atoms with E-state index < -0.39 is 23.5 Å². The molecule has 0 spiro atoms. The fourth-order valence-electron chi connectivity index (χ4n) is 3.98. The Morgan fingerprint density at radius 3 is 2.15 bits per heavy atom. The van der Waals surface area contributed by atoms with Crippen molar-refractivity contribution in [2.24, 2.45) is 0 Å². The van der Waals surface area contributed by atoms with Crippen LogP contribution in [0.1, 0.15) is 41.3 Å². The van der Waals surface area contributed by atoms with E-state index in [1.807, 2.05) is 36.4 Å². The average molecular weight is 523 g/mol. The highest BCUT2D eigenvalue weighted by atomic mass is 79.9. The summed E-state index contributed by atoms with van der Waals surface area (Å²) in [6.07, 6.45) is -0.722. The number of halogens is 1. The Morgan fingerprint density at radius 1 is 0.971 bits per heavy atom. The van der Waals surface area contributed by atoms with Crippen molar-refractivity contribution in [1.29, 1.82) is 0 Å². The second-order valence-electron chi connectivity index (χ2n) is 8.53. The number of aromatic carboxylic acids is 1. The third-order valence-electron chi connectivity index (χ3n) is 5.79. The normalized spacial score (nSPS) is 12.4. The zero-order chi connectivity index (χ0) is 24.5.